The third-order valence-electron chi connectivity index (χ3n) is 6.35. The quantitative estimate of drug-likeness (QED) is 0.454. The molecule has 1 aliphatic rings. The van der Waals surface area contributed by atoms with E-state index in [1.54, 1.807) is 18.2 Å². The number of anilines is 1. The summed E-state index contributed by atoms with van der Waals surface area (Å²) >= 11 is 0. The van der Waals surface area contributed by atoms with E-state index in [0.717, 1.165) is 42.4 Å². The molecule has 4 nitrogen and oxygen atoms in total. The molecule has 0 bridgehead atoms. The molecule has 2 aromatic carbocycles. The van der Waals surface area contributed by atoms with Gasteiger partial charge in [-0.2, -0.15) is 0 Å². The van der Waals surface area contributed by atoms with E-state index >= 15 is 4.39 Å². The highest BCUT2D eigenvalue weighted by atomic mass is 19.1. The van der Waals surface area contributed by atoms with Crippen molar-refractivity contribution in [3.8, 4) is 11.1 Å². The third kappa shape index (κ3) is 6.91. The van der Waals surface area contributed by atoms with Gasteiger partial charge in [0.15, 0.2) is 5.82 Å². The standard InChI is InChI=1S/C29H39FN2O2/c1-28(2,3)17-15-24(33)31-22-14-13-19-9-7-10-20(26(19)22)21-11-8-12-23(27(21)30)32-25(34)16-18-29(4,5)6/h7-12,22H,13-18H2,1-6H3,(H,31,33)(H,32,34). The van der Waals surface area contributed by atoms with E-state index in [2.05, 4.69) is 58.2 Å². The minimum absolute atomic E-state index is 0.0305. The highest BCUT2D eigenvalue weighted by molar-refractivity contribution is 5.92. The average Bonchev–Trinajstić information content (AvgIpc) is 3.14. The lowest BCUT2D eigenvalue weighted by Crippen LogP contribution is -2.28. The van der Waals surface area contributed by atoms with E-state index in [4.69, 9.17) is 0 Å². The lowest BCUT2D eigenvalue weighted by atomic mass is 9.90. The minimum Gasteiger partial charge on any atom is -0.349 e. The summed E-state index contributed by atoms with van der Waals surface area (Å²) in [5.74, 6) is -0.596. The molecule has 0 radical (unpaired) electrons. The smallest absolute Gasteiger partial charge is 0.224 e. The highest BCUT2D eigenvalue weighted by Crippen LogP contribution is 2.40. The summed E-state index contributed by atoms with van der Waals surface area (Å²) < 4.78 is 15.6. The Morgan fingerprint density at radius 3 is 2.12 bits per heavy atom. The van der Waals surface area contributed by atoms with Crippen molar-refractivity contribution in [2.24, 2.45) is 10.8 Å². The second-order valence-electron chi connectivity index (χ2n) is 11.9. The molecule has 1 aliphatic carbocycles. The van der Waals surface area contributed by atoms with Crippen LogP contribution in [0, 0.1) is 16.6 Å². The number of hydrogen-bond acceptors (Lipinski definition) is 2. The van der Waals surface area contributed by atoms with E-state index in [-0.39, 0.29) is 34.4 Å². The molecule has 2 aromatic rings. The van der Waals surface area contributed by atoms with Gasteiger partial charge in [0.2, 0.25) is 11.8 Å². The molecule has 34 heavy (non-hydrogen) atoms. The van der Waals surface area contributed by atoms with Gasteiger partial charge < -0.3 is 10.6 Å². The van der Waals surface area contributed by atoms with Crippen LogP contribution in [0.4, 0.5) is 10.1 Å². The first-order valence-electron chi connectivity index (χ1n) is 12.3. The largest absolute Gasteiger partial charge is 0.349 e. The number of carbonyl (C=O) groups excluding carboxylic acids is 2. The summed E-state index contributed by atoms with van der Waals surface area (Å²) in [6.07, 6.45) is 4.00. The van der Waals surface area contributed by atoms with Gasteiger partial charge in [-0.15, -0.1) is 0 Å². The Labute approximate surface area is 203 Å². The zero-order valence-electron chi connectivity index (χ0n) is 21.5. The molecule has 3 rings (SSSR count). The summed E-state index contributed by atoms with van der Waals surface area (Å²) in [6, 6.07) is 10.9. The number of carbonyl (C=O) groups is 2. The first-order chi connectivity index (χ1) is 15.8. The summed E-state index contributed by atoms with van der Waals surface area (Å²) in [4.78, 5) is 25.1. The topological polar surface area (TPSA) is 58.2 Å². The molecule has 0 fully saturated rings. The van der Waals surface area contributed by atoms with Gasteiger partial charge >= 0.3 is 0 Å². The van der Waals surface area contributed by atoms with Crippen LogP contribution in [0.15, 0.2) is 36.4 Å². The van der Waals surface area contributed by atoms with Crippen LogP contribution in [-0.2, 0) is 16.0 Å². The Kier molecular flexibility index (Phi) is 7.84. The van der Waals surface area contributed by atoms with Crippen LogP contribution in [0.25, 0.3) is 11.1 Å². The van der Waals surface area contributed by atoms with Crippen LogP contribution < -0.4 is 10.6 Å². The van der Waals surface area contributed by atoms with Crippen molar-refractivity contribution in [1.29, 1.82) is 0 Å². The van der Waals surface area contributed by atoms with Crippen molar-refractivity contribution in [2.45, 2.75) is 86.1 Å². The average molecular weight is 467 g/mol. The summed E-state index contributed by atoms with van der Waals surface area (Å²) in [5.41, 5.74) is 3.67. The molecular weight excluding hydrogens is 427 g/mol. The van der Waals surface area contributed by atoms with E-state index in [1.807, 2.05) is 12.1 Å². The Balaban J connectivity index is 1.83. The van der Waals surface area contributed by atoms with E-state index in [0.29, 0.717) is 18.4 Å². The molecule has 2 amide bonds. The molecule has 2 N–H and O–H groups in total. The molecule has 0 aliphatic heterocycles. The van der Waals surface area contributed by atoms with Gasteiger partial charge in [-0.25, -0.2) is 4.39 Å². The molecule has 0 saturated carbocycles. The first kappa shape index (κ1) is 25.9. The molecule has 1 unspecified atom stereocenters. The van der Waals surface area contributed by atoms with Crippen molar-refractivity contribution in [1.82, 2.24) is 5.32 Å². The lowest BCUT2D eigenvalue weighted by molar-refractivity contribution is -0.122. The van der Waals surface area contributed by atoms with Crippen LogP contribution in [0.5, 0.6) is 0 Å². The Bertz CT molecular complexity index is 1050. The normalized spacial score (nSPS) is 15.7. The molecule has 0 heterocycles. The van der Waals surface area contributed by atoms with Crippen molar-refractivity contribution in [3.63, 3.8) is 0 Å². The molecule has 5 heteroatoms. The van der Waals surface area contributed by atoms with Gasteiger partial charge in [0.05, 0.1) is 11.7 Å². The second kappa shape index (κ2) is 10.3. The first-order valence-corrected chi connectivity index (χ1v) is 12.3. The SMILES string of the molecule is CC(C)(C)CCC(=O)Nc1cccc(-c2cccc3c2C(NC(=O)CCC(C)(C)C)CC3)c1F. The predicted octanol–water partition coefficient (Wildman–Crippen LogP) is 7.19. The highest BCUT2D eigenvalue weighted by Gasteiger charge is 2.28. The summed E-state index contributed by atoms with van der Waals surface area (Å²) in [5, 5.41) is 5.94. The number of amides is 2. The molecular formula is C29H39FN2O2. The Hall–Kier alpha value is -2.69. The number of rotatable bonds is 7. The van der Waals surface area contributed by atoms with Gasteiger partial charge in [0, 0.05) is 18.4 Å². The third-order valence-corrected chi connectivity index (χ3v) is 6.35. The van der Waals surface area contributed by atoms with Crippen LogP contribution in [0.3, 0.4) is 0 Å². The summed E-state index contributed by atoms with van der Waals surface area (Å²) in [7, 11) is 0. The van der Waals surface area contributed by atoms with Gasteiger partial charge in [0.1, 0.15) is 0 Å². The maximum absolute atomic E-state index is 15.6. The van der Waals surface area contributed by atoms with E-state index in [1.165, 1.54) is 0 Å². The van der Waals surface area contributed by atoms with E-state index < -0.39 is 5.82 Å². The van der Waals surface area contributed by atoms with Gasteiger partial charge in [-0.3, -0.25) is 9.59 Å². The van der Waals surface area contributed by atoms with Crippen LogP contribution in [-0.4, -0.2) is 11.8 Å². The molecule has 0 saturated heterocycles. The number of fused-ring (bicyclic) bond motifs is 1. The minimum atomic E-state index is -0.440. The number of benzene rings is 2. The monoisotopic (exact) mass is 466 g/mol. The number of halogens is 1. The van der Waals surface area contributed by atoms with Gasteiger partial charge in [-0.1, -0.05) is 71.9 Å². The lowest BCUT2D eigenvalue weighted by Gasteiger charge is -2.21. The number of hydrogen-bond donors (Lipinski definition) is 2. The van der Waals surface area contributed by atoms with Crippen molar-refractivity contribution in [2.75, 3.05) is 5.32 Å². The molecule has 184 valence electrons. The molecule has 0 spiro atoms. The molecule has 0 aromatic heterocycles. The van der Waals surface area contributed by atoms with Gasteiger partial charge in [-0.05, 0) is 59.3 Å². The van der Waals surface area contributed by atoms with Crippen LogP contribution in [0.2, 0.25) is 0 Å². The zero-order chi connectivity index (χ0) is 25.1. The Morgan fingerprint density at radius 2 is 1.47 bits per heavy atom. The predicted molar refractivity (Wildman–Crippen MR) is 137 cm³/mol. The Morgan fingerprint density at radius 1 is 0.882 bits per heavy atom. The maximum Gasteiger partial charge on any atom is 0.224 e. The van der Waals surface area contributed by atoms with Crippen molar-refractivity contribution in [3.05, 3.63) is 53.3 Å². The fraction of sp³-hybridized carbons (Fsp3) is 0.517. The fourth-order valence-electron chi connectivity index (χ4n) is 4.36. The van der Waals surface area contributed by atoms with Gasteiger partial charge in [0.25, 0.3) is 0 Å². The maximum atomic E-state index is 15.6. The van der Waals surface area contributed by atoms with Crippen molar-refractivity contribution < 1.29 is 14.0 Å². The number of aryl methyl sites for hydroxylation is 1. The fourth-order valence-corrected chi connectivity index (χ4v) is 4.36. The molecule has 1 atom stereocenters. The van der Waals surface area contributed by atoms with Crippen LogP contribution >= 0.6 is 0 Å². The number of nitrogens with one attached hydrogen (secondary N) is 2. The van der Waals surface area contributed by atoms with Crippen molar-refractivity contribution >= 4 is 17.5 Å². The van der Waals surface area contributed by atoms with Crippen LogP contribution in [0.1, 0.15) is 90.8 Å². The van der Waals surface area contributed by atoms with E-state index in [9.17, 15) is 9.59 Å². The zero-order valence-corrected chi connectivity index (χ0v) is 21.5. The summed E-state index contributed by atoms with van der Waals surface area (Å²) in [6.45, 7) is 12.6. The second-order valence-corrected chi connectivity index (χ2v) is 11.9.